The van der Waals surface area contributed by atoms with Crippen molar-refractivity contribution in [3.05, 3.63) is 42.2 Å². The summed E-state index contributed by atoms with van der Waals surface area (Å²) in [4.78, 5) is 11.9. The van der Waals surface area contributed by atoms with E-state index in [1.165, 1.54) is 4.68 Å². The van der Waals surface area contributed by atoms with Crippen molar-refractivity contribution < 1.29 is 9.53 Å². The molecule has 0 radical (unpaired) electrons. The van der Waals surface area contributed by atoms with E-state index >= 15 is 0 Å². The van der Waals surface area contributed by atoms with E-state index in [0.717, 1.165) is 16.8 Å². The fraction of sp³-hybridized carbons (Fsp3) is 0.333. The second-order valence-corrected chi connectivity index (χ2v) is 5.42. The minimum absolute atomic E-state index is 0.460. The molecule has 1 aromatic carbocycles. The molecule has 0 aliphatic heterocycles. The lowest BCUT2D eigenvalue weighted by atomic mass is 10.1. The summed E-state index contributed by atoms with van der Waals surface area (Å²) in [6.07, 6.45) is 1.25. The van der Waals surface area contributed by atoms with Crippen molar-refractivity contribution in [2.75, 3.05) is 0 Å². The fourth-order valence-corrected chi connectivity index (χ4v) is 1.76. The van der Waals surface area contributed by atoms with Crippen LogP contribution in [0.2, 0.25) is 0 Å². The first-order valence-corrected chi connectivity index (χ1v) is 6.22. The zero-order chi connectivity index (χ0) is 14.0. The van der Waals surface area contributed by atoms with E-state index in [0.29, 0.717) is 0 Å². The second kappa shape index (κ2) is 4.88. The van der Waals surface area contributed by atoms with Crippen molar-refractivity contribution in [1.82, 2.24) is 9.78 Å². The Bertz CT molecular complexity index is 580. The SMILES string of the molecule is Cc1nn(C(=O)OC(C)(C)C)cc1-c1ccccc1. The molecule has 0 N–H and O–H groups in total. The zero-order valence-electron chi connectivity index (χ0n) is 11.7. The van der Waals surface area contributed by atoms with Crippen LogP contribution in [-0.4, -0.2) is 21.5 Å². The van der Waals surface area contributed by atoms with Crippen LogP contribution in [0.25, 0.3) is 11.1 Å². The molecule has 19 heavy (non-hydrogen) atoms. The number of rotatable bonds is 1. The van der Waals surface area contributed by atoms with E-state index in [4.69, 9.17) is 4.74 Å². The Morgan fingerprint density at radius 2 is 1.84 bits per heavy atom. The average molecular weight is 258 g/mol. The highest BCUT2D eigenvalue weighted by atomic mass is 16.6. The van der Waals surface area contributed by atoms with Crippen LogP contribution in [0.4, 0.5) is 4.79 Å². The Kier molecular flexibility index (Phi) is 3.42. The van der Waals surface area contributed by atoms with Crippen LogP contribution in [-0.2, 0) is 4.74 Å². The maximum atomic E-state index is 11.9. The Labute approximate surface area is 113 Å². The zero-order valence-corrected chi connectivity index (χ0v) is 11.7. The van der Waals surface area contributed by atoms with E-state index in [-0.39, 0.29) is 0 Å². The lowest BCUT2D eigenvalue weighted by Gasteiger charge is -2.18. The Hall–Kier alpha value is -2.10. The number of aromatic nitrogens is 2. The molecule has 2 aromatic rings. The van der Waals surface area contributed by atoms with E-state index in [2.05, 4.69) is 5.10 Å². The van der Waals surface area contributed by atoms with Gasteiger partial charge >= 0.3 is 6.09 Å². The molecular weight excluding hydrogens is 240 g/mol. The molecule has 0 spiro atoms. The summed E-state index contributed by atoms with van der Waals surface area (Å²) in [6.45, 7) is 7.38. The maximum absolute atomic E-state index is 11.9. The lowest BCUT2D eigenvalue weighted by molar-refractivity contribution is 0.0514. The molecule has 2 rings (SSSR count). The molecule has 0 atom stereocenters. The van der Waals surface area contributed by atoms with Crippen molar-refractivity contribution in [3.63, 3.8) is 0 Å². The Morgan fingerprint density at radius 1 is 1.21 bits per heavy atom. The molecule has 0 saturated heterocycles. The van der Waals surface area contributed by atoms with Gasteiger partial charge in [-0.05, 0) is 33.3 Å². The predicted octanol–water partition coefficient (Wildman–Crippen LogP) is 3.64. The van der Waals surface area contributed by atoms with Crippen molar-refractivity contribution in [1.29, 1.82) is 0 Å². The third-order valence-corrected chi connectivity index (χ3v) is 2.56. The molecular formula is C15H18N2O2. The molecule has 4 nitrogen and oxygen atoms in total. The largest absolute Gasteiger partial charge is 0.442 e. The molecule has 0 amide bonds. The van der Waals surface area contributed by atoms with Gasteiger partial charge in [0.2, 0.25) is 0 Å². The van der Waals surface area contributed by atoms with Crippen molar-refractivity contribution in [3.8, 4) is 11.1 Å². The van der Waals surface area contributed by atoms with E-state index < -0.39 is 11.7 Å². The third-order valence-electron chi connectivity index (χ3n) is 2.56. The predicted molar refractivity (Wildman–Crippen MR) is 74.0 cm³/mol. The van der Waals surface area contributed by atoms with Crippen LogP contribution < -0.4 is 0 Å². The third kappa shape index (κ3) is 3.22. The first kappa shape index (κ1) is 13.3. The van der Waals surface area contributed by atoms with Crippen molar-refractivity contribution >= 4 is 6.09 Å². The van der Waals surface area contributed by atoms with Gasteiger partial charge in [-0.2, -0.15) is 9.78 Å². The average Bonchev–Trinajstić information content (AvgIpc) is 2.70. The van der Waals surface area contributed by atoms with Crippen LogP contribution >= 0.6 is 0 Å². The summed E-state index contributed by atoms with van der Waals surface area (Å²) in [7, 11) is 0. The van der Waals surface area contributed by atoms with Crippen LogP contribution in [0.1, 0.15) is 26.5 Å². The molecule has 0 unspecified atom stereocenters. The van der Waals surface area contributed by atoms with Gasteiger partial charge in [-0.1, -0.05) is 30.3 Å². The maximum Gasteiger partial charge on any atom is 0.435 e. The monoisotopic (exact) mass is 258 g/mol. The summed E-state index contributed by atoms with van der Waals surface area (Å²) >= 11 is 0. The van der Waals surface area contributed by atoms with Gasteiger partial charge in [0, 0.05) is 11.8 Å². The first-order chi connectivity index (χ1) is 8.87. The highest BCUT2D eigenvalue weighted by Crippen LogP contribution is 2.22. The van der Waals surface area contributed by atoms with Crippen molar-refractivity contribution in [2.45, 2.75) is 33.3 Å². The van der Waals surface area contributed by atoms with Gasteiger partial charge in [-0.25, -0.2) is 4.79 Å². The van der Waals surface area contributed by atoms with E-state index in [9.17, 15) is 4.79 Å². The van der Waals surface area contributed by atoms with Gasteiger partial charge in [0.25, 0.3) is 0 Å². The Morgan fingerprint density at radius 3 is 2.42 bits per heavy atom. The summed E-state index contributed by atoms with van der Waals surface area (Å²) in [6, 6.07) is 9.85. The summed E-state index contributed by atoms with van der Waals surface area (Å²) in [5, 5.41) is 4.21. The molecule has 4 heteroatoms. The normalized spacial score (nSPS) is 11.4. The summed E-state index contributed by atoms with van der Waals surface area (Å²) < 4.78 is 6.54. The number of carbonyl (C=O) groups is 1. The number of hydrogen-bond acceptors (Lipinski definition) is 3. The Balaban J connectivity index is 2.29. The molecule has 0 aliphatic carbocycles. The van der Waals surface area contributed by atoms with Gasteiger partial charge in [0.15, 0.2) is 0 Å². The second-order valence-electron chi connectivity index (χ2n) is 5.42. The van der Waals surface area contributed by atoms with Gasteiger partial charge in [0.05, 0.1) is 5.69 Å². The van der Waals surface area contributed by atoms with Gasteiger partial charge < -0.3 is 4.74 Å². The number of benzene rings is 1. The number of hydrogen-bond donors (Lipinski definition) is 0. The van der Waals surface area contributed by atoms with Gasteiger partial charge in [-0.3, -0.25) is 0 Å². The quantitative estimate of drug-likeness (QED) is 0.784. The highest BCUT2D eigenvalue weighted by molar-refractivity contribution is 5.74. The van der Waals surface area contributed by atoms with E-state index in [1.54, 1.807) is 6.20 Å². The molecule has 0 saturated carbocycles. The standard InChI is InChI=1S/C15H18N2O2/c1-11-13(12-8-6-5-7-9-12)10-17(16-11)14(18)19-15(2,3)4/h5-10H,1-4H3. The minimum Gasteiger partial charge on any atom is -0.442 e. The van der Waals surface area contributed by atoms with Crippen LogP contribution in [0, 0.1) is 6.92 Å². The van der Waals surface area contributed by atoms with E-state index in [1.807, 2.05) is 58.0 Å². The number of ether oxygens (including phenoxy) is 1. The number of carbonyl (C=O) groups excluding carboxylic acids is 1. The molecule has 0 aliphatic rings. The van der Waals surface area contributed by atoms with Crippen LogP contribution in [0.5, 0.6) is 0 Å². The highest BCUT2D eigenvalue weighted by Gasteiger charge is 2.19. The molecule has 1 heterocycles. The van der Waals surface area contributed by atoms with Crippen LogP contribution in [0.3, 0.4) is 0 Å². The van der Waals surface area contributed by atoms with Gasteiger partial charge in [-0.15, -0.1) is 0 Å². The minimum atomic E-state index is -0.524. The summed E-state index contributed by atoms with van der Waals surface area (Å²) in [5.74, 6) is 0. The number of aryl methyl sites for hydroxylation is 1. The van der Waals surface area contributed by atoms with Crippen molar-refractivity contribution in [2.24, 2.45) is 0 Å². The molecule has 0 fully saturated rings. The summed E-state index contributed by atoms with van der Waals surface area (Å²) in [5.41, 5.74) is 2.25. The molecule has 1 aromatic heterocycles. The molecule has 0 bridgehead atoms. The van der Waals surface area contributed by atoms with Gasteiger partial charge in [0.1, 0.15) is 5.60 Å². The molecule has 100 valence electrons. The van der Waals surface area contributed by atoms with Crippen LogP contribution in [0.15, 0.2) is 36.5 Å². The fourth-order valence-electron chi connectivity index (χ4n) is 1.76. The first-order valence-electron chi connectivity index (χ1n) is 6.22. The lowest BCUT2D eigenvalue weighted by Crippen LogP contribution is -2.27. The topological polar surface area (TPSA) is 44.1 Å². The smallest absolute Gasteiger partial charge is 0.435 e. The number of nitrogens with zero attached hydrogens (tertiary/aromatic N) is 2.